The topological polar surface area (TPSA) is 64.8 Å². The van der Waals surface area contributed by atoms with E-state index < -0.39 is 11.6 Å². The average molecular weight is 356 g/mol. The Bertz CT molecular complexity index is 1020. The van der Waals surface area contributed by atoms with Gasteiger partial charge in [0.1, 0.15) is 17.3 Å². The van der Waals surface area contributed by atoms with E-state index in [-0.39, 0.29) is 17.0 Å². The minimum atomic E-state index is -0.668. The summed E-state index contributed by atoms with van der Waals surface area (Å²) in [6.45, 7) is 1.07. The van der Waals surface area contributed by atoms with Gasteiger partial charge in [-0.15, -0.1) is 0 Å². The molecular weight excluding hydrogens is 338 g/mol. The molecule has 1 aliphatic heterocycles. The summed E-state index contributed by atoms with van der Waals surface area (Å²) < 4.78 is 27.3. The first-order valence-electron chi connectivity index (χ1n) is 8.93. The maximum atomic E-state index is 13.9. The summed E-state index contributed by atoms with van der Waals surface area (Å²) in [5, 5.41) is 7.81. The lowest BCUT2D eigenvalue weighted by atomic mass is 9.81. The zero-order valence-corrected chi connectivity index (χ0v) is 14.1. The maximum Gasteiger partial charge on any atom is 0.270 e. The quantitative estimate of drug-likeness (QED) is 0.736. The van der Waals surface area contributed by atoms with Crippen molar-refractivity contribution in [2.75, 3.05) is 6.54 Å². The van der Waals surface area contributed by atoms with Crippen molar-refractivity contribution in [3.05, 3.63) is 52.5 Å². The Morgan fingerprint density at radius 3 is 2.85 bits per heavy atom. The molecule has 3 heterocycles. The van der Waals surface area contributed by atoms with Crippen molar-refractivity contribution in [1.82, 2.24) is 20.1 Å². The first kappa shape index (κ1) is 15.5. The minimum absolute atomic E-state index is 0.201. The van der Waals surface area contributed by atoms with Crippen LogP contribution in [0.1, 0.15) is 52.6 Å². The molecule has 7 heteroatoms. The van der Waals surface area contributed by atoms with Gasteiger partial charge in [-0.1, -0.05) is 6.42 Å². The van der Waals surface area contributed by atoms with Gasteiger partial charge in [-0.2, -0.15) is 5.10 Å². The number of amides is 1. The molecule has 1 amide bonds. The lowest BCUT2D eigenvalue weighted by molar-refractivity contribution is 0.0728. The monoisotopic (exact) mass is 356 g/mol. The standard InChI is InChI=1S/C19H18F2N4O/c20-11-6-14(21)12-8-17(22-16(12)7-11)19(26)25-5-4-15-13(9-25)18(24-23-15)10-2-1-3-10/h6-8,10,22H,1-5,9H2,(H,23,24). The average Bonchev–Trinajstić information content (AvgIpc) is 3.17. The molecule has 1 fully saturated rings. The molecule has 1 aromatic carbocycles. The van der Waals surface area contributed by atoms with E-state index in [9.17, 15) is 13.6 Å². The Labute approximate surface area is 148 Å². The molecule has 26 heavy (non-hydrogen) atoms. The smallest absolute Gasteiger partial charge is 0.270 e. The fourth-order valence-electron chi connectivity index (χ4n) is 3.97. The van der Waals surface area contributed by atoms with Crippen molar-refractivity contribution in [2.45, 2.75) is 38.1 Å². The van der Waals surface area contributed by atoms with E-state index in [0.717, 1.165) is 35.9 Å². The van der Waals surface area contributed by atoms with E-state index in [0.29, 0.717) is 30.9 Å². The number of nitrogens with zero attached hydrogens (tertiary/aromatic N) is 2. The highest BCUT2D eigenvalue weighted by molar-refractivity contribution is 5.98. The van der Waals surface area contributed by atoms with E-state index in [2.05, 4.69) is 15.2 Å². The fourth-order valence-corrected chi connectivity index (χ4v) is 3.97. The predicted molar refractivity (Wildman–Crippen MR) is 91.8 cm³/mol. The van der Waals surface area contributed by atoms with Crippen LogP contribution < -0.4 is 0 Å². The van der Waals surface area contributed by atoms with Gasteiger partial charge in [0, 0.05) is 48.1 Å². The van der Waals surface area contributed by atoms with Crippen LogP contribution in [0.4, 0.5) is 8.78 Å². The van der Waals surface area contributed by atoms with Gasteiger partial charge in [-0.3, -0.25) is 9.89 Å². The minimum Gasteiger partial charge on any atom is -0.350 e. The van der Waals surface area contributed by atoms with Crippen LogP contribution in [-0.2, 0) is 13.0 Å². The van der Waals surface area contributed by atoms with Crippen molar-refractivity contribution in [3.8, 4) is 0 Å². The van der Waals surface area contributed by atoms with Gasteiger partial charge >= 0.3 is 0 Å². The first-order chi connectivity index (χ1) is 12.6. The van der Waals surface area contributed by atoms with Crippen LogP contribution in [0, 0.1) is 11.6 Å². The van der Waals surface area contributed by atoms with Crippen LogP contribution in [0.25, 0.3) is 10.9 Å². The number of hydrogen-bond acceptors (Lipinski definition) is 2. The Hall–Kier alpha value is -2.70. The van der Waals surface area contributed by atoms with E-state index >= 15 is 0 Å². The number of benzene rings is 1. The number of H-pyrrole nitrogens is 2. The van der Waals surface area contributed by atoms with Gasteiger partial charge in [-0.25, -0.2) is 8.78 Å². The third-order valence-corrected chi connectivity index (χ3v) is 5.64. The molecule has 134 valence electrons. The van der Waals surface area contributed by atoms with Gasteiger partial charge in [0.2, 0.25) is 0 Å². The second-order valence-corrected chi connectivity index (χ2v) is 7.20. The largest absolute Gasteiger partial charge is 0.350 e. The Balaban J connectivity index is 1.45. The van der Waals surface area contributed by atoms with E-state index in [1.165, 1.54) is 18.6 Å². The zero-order chi connectivity index (χ0) is 17.8. The zero-order valence-electron chi connectivity index (χ0n) is 14.1. The number of rotatable bonds is 2. The summed E-state index contributed by atoms with van der Waals surface area (Å²) in [4.78, 5) is 17.5. The molecular formula is C19H18F2N4O. The molecule has 5 nitrogen and oxygen atoms in total. The van der Waals surface area contributed by atoms with Gasteiger partial charge < -0.3 is 9.88 Å². The summed E-state index contributed by atoms with van der Waals surface area (Å²) in [5.41, 5.74) is 3.90. The number of carbonyl (C=O) groups excluding carboxylic acids is 1. The molecule has 1 saturated carbocycles. The number of aromatic amines is 2. The van der Waals surface area contributed by atoms with E-state index in [4.69, 9.17) is 0 Å². The number of aromatic nitrogens is 3. The molecule has 2 aromatic heterocycles. The second-order valence-electron chi connectivity index (χ2n) is 7.20. The highest BCUT2D eigenvalue weighted by atomic mass is 19.1. The molecule has 2 aliphatic rings. The van der Waals surface area contributed by atoms with Crippen LogP contribution in [0.2, 0.25) is 0 Å². The number of nitrogens with one attached hydrogen (secondary N) is 2. The third-order valence-electron chi connectivity index (χ3n) is 5.64. The van der Waals surface area contributed by atoms with Crippen molar-refractivity contribution < 1.29 is 13.6 Å². The van der Waals surface area contributed by atoms with E-state index in [1.807, 2.05) is 0 Å². The summed E-state index contributed by atoms with van der Waals surface area (Å²) in [6.07, 6.45) is 4.26. The number of hydrogen-bond donors (Lipinski definition) is 2. The summed E-state index contributed by atoms with van der Waals surface area (Å²) in [5.74, 6) is -1.01. The molecule has 0 bridgehead atoms. The van der Waals surface area contributed by atoms with Crippen molar-refractivity contribution in [2.24, 2.45) is 0 Å². The first-order valence-corrected chi connectivity index (χ1v) is 8.93. The van der Waals surface area contributed by atoms with Gasteiger partial charge in [0.05, 0.1) is 11.2 Å². The maximum absolute atomic E-state index is 13.9. The van der Waals surface area contributed by atoms with Crippen LogP contribution in [-0.4, -0.2) is 32.5 Å². The van der Waals surface area contributed by atoms with Crippen molar-refractivity contribution >= 4 is 16.8 Å². The number of fused-ring (bicyclic) bond motifs is 2. The number of carbonyl (C=O) groups is 1. The highest BCUT2D eigenvalue weighted by Gasteiger charge is 2.31. The fraction of sp³-hybridized carbons (Fsp3) is 0.368. The molecule has 1 aliphatic carbocycles. The molecule has 5 rings (SSSR count). The van der Waals surface area contributed by atoms with Crippen molar-refractivity contribution in [3.63, 3.8) is 0 Å². The number of halogens is 2. The SMILES string of the molecule is O=C(c1cc2c(F)cc(F)cc2[nH]1)N1CCc2n[nH]c(C3CCC3)c2C1. The van der Waals surface area contributed by atoms with Crippen LogP contribution in [0.3, 0.4) is 0 Å². The molecule has 3 aromatic rings. The lowest BCUT2D eigenvalue weighted by Gasteiger charge is -2.30. The van der Waals surface area contributed by atoms with Gasteiger partial charge in [-0.05, 0) is 25.0 Å². The molecule has 0 saturated heterocycles. The Morgan fingerprint density at radius 2 is 2.08 bits per heavy atom. The second kappa shape index (κ2) is 5.65. The Morgan fingerprint density at radius 1 is 1.23 bits per heavy atom. The predicted octanol–water partition coefficient (Wildman–Crippen LogP) is 3.64. The molecule has 2 N–H and O–H groups in total. The molecule has 0 unspecified atom stereocenters. The molecule has 0 atom stereocenters. The van der Waals surface area contributed by atoms with E-state index in [1.54, 1.807) is 4.90 Å². The highest BCUT2D eigenvalue weighted by Crippen LogP contribution is 2.39. The third kappa shape index (κ3) is 2.34. The summed E-state index contributed by atoms with van der Waals surface area (Å²) in [7, 11) is 0. The summed E-state index contributed by atoms with van der Waals surface area (Å²) >= 11 is 0. The normalized spacial score (nSPS) is 17.4. The lowest BCUT2D eigenvalue weighted by Crippen LogP contribution is -2.36. The van der Waals surface area contributed by atoms with Crippen LogP contribution in [0.5, 0.6) is 0 Å². The van der Waals surface area contributed by atoms with Gasteiger partial charge in [0.25, 0.3) is 5.91 Å². The molecule has 0 spiro atoms. The molecule has 0 radical (unpaired) electrons. The van der Waals surface area contributed by atoms with Gasteiger partial charge in [0.15, 0.2) is 0 Å². The van der Waals surface area contributed by atoms with Crippen molar-refractivity contribution in [1.29, 1.82) is 0 Å². The Kier molecular flexibility index (Phi) is 3.38. The van der Waals surface area contributed by atoms with Crippen LogP contribution >= 0.6 is 0 Å². The van der Waals surface area contributed by atoms with Crippen LogP contribution in [0.15, 0.2) is 18.2 Å². The summed E-state index contributed by atoms with van der Waals surface area (Å²) in [6, 6.07) is 3.49.